The number of ketones is 1. The second-order valence-corrected chi connectivity index (χ2v) is 7.47. The first-order chi connectivity index (χ1) is 12.9. The number of carbonyl (C=O) groups is 1. The Bertz CT molecular complexity index is 1040. The van der Waals surface area contributed by atoms with E-state index >= 15 is 0 Å². The molecule has 0 spiro atoms. The van der Waals surface area contributed by atoms with Gasteiger partial charge in [-0.2, -0.15) is 4.98 Å². The maximum absolute atomic E-state index is 12.3. The fourth-order valence-corrected chi connectivity index (χ4v) is 3.62. The van der Waals surface area contributed by atoms with Crippen molar-refractivity contribution in [3.63, 3.8) is 0 Å². The number of hydrogen-bond acceptors (Lipinski definition) is 5. The van der Waals surface area contributed by atoms with Gasteiger partial charge in [-0.15, -0.1) is 0 Å². The van der Waals surface area contributed by atoms with Gasteiger partial charge in [-0.25, -0.2) is 0 Å². The number of halogens is 2. The van der Waals surface area contributed by atoms with E-state index in [0.717, 1.165) is 11.8 Å². The zero-order valence-corrected chi connectivity index (χ0v) is 16.2. The first-order valence-corrected chi connectivity index (χ1v) is 9.65. The van der Waals surface area contributed by atoms with Crippen LogP contribution in [0, 0.1) is 0 Å². The average molecular weight is 421 g/mol. The molecule has 2 N–H and O–H groups in total. The lowest BCUT2D eigenvalue weighted by Gasteiger charge is -2.07. The molecule has 5 nitrogen and oxygen atoms in total. The lowest BCUT2D eigenvalue weighted by Crippen LogP contribution is -2.16. The molecule has 3 aromatic rings. The topological polar surface area (TPSA) is 83.0 Å². The van der Waals surface area contributed by atoms with Crippen LogP contribution in [-0.4, -0.2) is 26.6 Å². The summed E-state index contributed by atoms with van der Waals surface area (Å²) in [6, 6.07) is 13.7. The number of H-pyrrole nitrogens is 1. The van der Waals surface area contributed by atoms with Crippen LogP contribution >= 0.6 is 35.0 Å². The minimum Gasteiger partial charge on any atom is -0.493 e. The summed E-state index contributed by atoms with van der Waals surface area (Å²) in [6.07, 6.45) is 0.109. The average Bonchev–Trinajstić information content (AvgIpc) is 2.65. The number of thioether (sulfide) groups is 1. The monoisotopic (exact) mass is 420 g/mol. The highest BCUT2D eigenvalue weighted by atomic mass is 35.5. The van der Waals surface area contributed by atoms with Crippen molar-refractivity contribution in [2.45, 2.75) is 11.6 Å². The zero-order valence-electron chi connectivity index (χ0n) is 13.9. The van der Waals surface area contributed by atoms with E-state index in [1.807, 2.05) is 6.07 Å². The van der Waals surface area contributed by atoms with E-state index in [9.17, 15) is 14.7 Å². The van der Waals surface area contributed by atoms with Gasteiger partial charge >= 0.3 is 0 Å². The molecule has 0 saturated carbocycles. The van der Waals surface area contributed by atoms with Gasteiger partial charge in [0.25, 0.3) is 5.56 Å². The van der Waals surface area contributed by atoms with Crippen LogP contribution in [0.2, 0.25) is 10.0 Å². The van der Waals surface area contributed by atoms with Gasteiger partial charge in [0.2, 0.25) is 5.88 Å². The second kappa shape index (κ2) is 8.61. The Hall–Kier alpha value is -2.28. The van der Waals surface area contributed by atoms with Gasteiger partial charge in [0, 0.05) is 22.0 Å². The van der Waals surface area contributed by atoms with Crippen molar-refractivity contribution in [3.8, 4) is 5.88 Å². The predicted octanol–water partition coefficient (Wildman–Crippen LogP) is 4.35. The van der Waals surface area contributed by atoms with Gasteiger partial charge in [0.1, 0.15) is 0 Å². The number of rotatable bonds is 6. The maximum atomic E-state index is 12.3. The highest BCUT2D eigenvalue weighted by Gasteiger charge is 2.15. The van der Waals surface area contributed by atoms with Gasteiger partial charge in [0.05, 0.1) is 11.3 Å². The third kappa shape index (κ3) is 4.91. The molecule has 1 aromatic heterocycles. The van der Waals surface area contributed by atoms with Crippen LogP contribution in [0.15, 0.2) is 58.5 Å². The van der Waals surface area contributed by atoms with Gasteiger partial charge in [-0.3, -0.25) is 9.59 Å². The summed E-state index contributed by atoms with van der Waals surface area (Å²) in [5.74, 6) is -0.395. The van der Waals surface area contributed by atoms with Crippen molar-refractivity contribution < 1.29 is 9.90 Å². The van der Waals surface area contributed by atoms with E-state index in [4.69, 9.17) is 23.2 Å². The maximum Gasteiger partial charge on any atom is 0.258 e. The molecule has 1 heterocycles. The summed E-state index contributed by atoms with van der Waals surface area (Å²) in [7, 11) is 0. The Balaban J connectivity index is 1.75. The molecule has 0 aliphatic rings. The van der Waals surface area contributed by atoms with E-state index < -0.39 is 5.56 Å². The van der Waals surface area contributed by atoms with Crippen molar-refractivity contribution in [1.29, 1.82) is 0 Å². The number of carbonyl (C=O) groups excluding carboxylic acids is 1. The van der Waals surface area contributed by atoms with Gasteiger partial charge in [-0.1, -0.05) is 71.4 Å². The first-order valence-electron chi connectivity index (χ1n) is 7.91. The molecule has 138 valence electrons. The lowest BCUT2D eigenvalue weighted by atomic mass is 10.1. The van der Waals surface area contributed by atoms with Crippen molar-refractivity contribution in [2.75, 3.05) is 5.75 Å². The molecular formula is C19H14Cl2N2O3S. The molecule has 0 amide bonds. The minimum absolute atomic E-state index is 0.0920. The van der Waals surface area contributed by atoms with Crippen LogP contribution in [0.5, 0.6) is 5.88 Å². The highest BCUT2D eigenvalue weighted by Crippen LogP contribution is 2.25. The minimum atomic E-state index is -0.483. The molecule has 8 heteroatoms. The molecule has 3 rings (SSSR count). The predicted molar refractivity (Wildman–Crippen MR) is 107 cm³/mol. The SMILES string of the molecule is O=C(CSc1nc(O)c(Cc2ccc(Cl)cc2Cl)c(=O)[nH]1)c1ccccc1. The Kier molecular flexibility index (Phi) is 6.21. The number of nitrogens with zero attached hydrogens (tertiary/aromatic N) is 1. The normalized spacial score (nSPS) is 10.7. The van der Waals surface area contributed by atoms with Crippen LogP contribution in [0.25, 0.3) is 0 Å². The third-order valence-corrected chi connectivity index (χ3v) is 5.25. The van der Waals surface area contributed by atoms with Crippen LogP contribution < -0.4 is 5.56 Å². The summed E-state index contributed by atoms with van der Waals surface area (Å²) < 4.78 is 0. The number of aromatic amines is 1. The molecule has 0 bridgehead atoms. The second-order valence-electron chi connectivity index (χ2n) is 5.66. The van der Waals surface area contributed by atoms with Crippen LogP contribution in [0.1, 0.15) is 21.5 Å². The quantitative estimate of drug-likeness (QED) is 0.351. The number of nitrogens with one attached hydrogen (secondary N) is 1. The summed E-state index contributed by atoms with van der Waals surface area (Å²) in [4.78, 5) is 31.0. The Morgan fingerprint density at radius 2 is 1.89 bits per heavy atom. The number of aromatic hydroxyl groups is 1. The fraction of sp³-hybridized carbons (Fsp3) is 0.105. The smallest absolute Gasteiger partial charge is 0.258 e. The Morgan fingerprint density at radius 3 is 2.56 bits per heavy atom. The van der Waals surface area contributed by atoms with Crippen molar-refractivity contribution in [2.24, 2.45) is 0 Å². The fourth-order valence-electron chi connectivity index (χ4n) is 2.39. The standard InChI is InChI=1S/C19H14Cl2N2O3S/c20-13-7-6-12(15(21)9-13)8-14-17(25)22-19(23-18(14)26)27-10-16(24)11-4-2-1-3-5-11/h1-7,9H,8,10H2,(H2,22,23,25,26). The molecule has 0 radical (unpaired) electrons. The van der Waals surface area contributed by atoms with E-state index in [1.165, 1.54) is 0 Å². The molecule has 0 fully saturated rings. The van der Waals surface area contributed by atoms with E-state index in [-0.39, 0.29) is 34.6 Å². The lowest BCUT2D eigenvalue weighted by molar-refractivity contribution is 0.102. The summed E-state index contributed by atoms with van der Waals surface area (Å²) in [5, 5.41) is 11.2. The molecule has 0 atom stereocenters. The summed E-state index contributed by atoms with van der Waals surface area (Å²) >= 11 is 13.0. The number of hydrogen-bond donors (Lipinski definition) is 2. The van der Waals surface area contributed by atoms with Gasteiger partial charge < -0.3 is 10.1 Å². The largest absolute Gasteiger partial charge is 0.493 e. The van der Waals surface area contributed by atoms with Crippen molar-refractivity contribution in [1.82, 2.24) is 9.97 Å². The van der Waals surface area contributed by atoms with Crippen LogP contribution in [-0.2, 0) is 6.42 Å². The number of benzene rings is 2. The van der Waals surface area contributed by atoms with Crippen LogP contribution in [0.3, 0.4) is 0 Å². The molecule has 2 aromatic carbocycles. The summed E-state index contributed by atoms with van der Waals surface area (Å²) in [6.45, 7) is 0. The third-order valence-electron chi connectivity index (χ3n) is 3.79. The van der Waals surface area contributed by atoms with E-state index in [2.05, 4.69) is 9.97 Å². The Labute approximate surface area is 169 Å². The molecule has 27 heavy (non-hydrogen) atoms. The van der Waals surface area contributed by atoms with Crippen molar-refractivity contribution in [3.05, 3.63) is 85.6 Å². The van der Waals surface area contributed by atoms with Gasteiger partial charge in [-0.05, 0) is 17.7 Å². The summed E-state index contributed by atoms with van der Waals surface area (Å²) in [5.41, 5.74) is 0.829. The van der Waals surface area contributed by atoms with Crippen molar-refractivity contribution >= 4 is 40.7 Å². The van der Waals surface area contributed by atoms with E-state index in [1.54, 1.807) is 42.5 Å². The molecule has 0 saturated heterocycles. The molecule has 0 aliphatic carbocycles. The number of aromatic nitrogens is 2. The van der Waals surface area contributed by atoms with Gasteiger partial charge in [0.15, 0.2) is 10.9 Å². The zero-order chi connectivity index (χ0) is 19.4. The molecular weight excluding hydrogens is 407 g/mol. The van der Waals surface area contributed by atoms with E-state index in [0.29, 0.717) is 21.2 Å². The molecule has 0 aliphatic heterocycles. The Morgan fingerprint density at radius 1 is 1.15 bits per heavy atom. The molecule has 0 unspecified atom stereocenters. The first kappa shape index (κ1) is 19.5. The number of Topliss-reactive ketones (excluding diaryl/α,β-unsaturated/α-hetero) is 1. The highest BCUT2D eigenvalue weighted by molar-refractivity contribution is 7.99. The van der Waals surface area contributed by atoms with Crippen LogP contribution in [0.4, 0.5) is 0 Å².